The number of benzene rings is 2. The van der Waals surface area contributed by atoms with Gasteiger partial charge in [0.25, 0.3) is 11.6 Å². The molecule has 0 radical (unpaired) electrons. The first-order valence-electron chi connectivity index (χ1n) is 5.81. The lowest BCUT2D eigenvalue weighted by Gasteiger charge is -2.09. The highest BCUT2D eigenvalue weighted by Gasteiger charge is 2.19. The smallest absolute Gasteiger partial charge is 0.282 e. The molecule has 0 bridgehead atoms. The number of hydrogen-bond donors (Lipinski definition) is 1. The Kier molecular flexibility index (Phi) is 3.95. The van der Waals surface area contributed by atoms with Crippen molar-refractivity contribution >= 4 is 17.3 Å². The summed E-state index contributed by atoms with van der Waals surface area (Å²) in [6.45, 7) is 0. The SMILES string of the molecule is COc1ccccc1NC(=O)c1ccccc1[N+](=O)[O-]. The van der Waals surface area contributed by atoms with E-state index < -0.39 is 10.8 Å². The maximum atomic E-state index is 12.1. The normalized spacial score (nSPS) is 9.85. The van der Waals surface area contributed by atoms with E-state index in [9.17, 15) is 14.9 Å². The van der Waals surface area contributed by atoms with Crippen LogP contribution < -0.4 is 10.1 Å². The Morgan fingerprint density at radius 1 is 1.15 bits per heavy atom. The molecule has 102 valence electrons. The number of carbonyl (C=O) groups excluding carboxylic acids is 1. The van der Waals surface area contributed by atoms with Crippen LogP contribution in [-0.2, 0) is 0 Å². The Morgan fingerprint density at radius 2 is 1.80 bits per heavy atom. The van der Waals surface area contributed by atoms with Gasteiger partial charge in [-0.15, -0.1) is 0 Å². The van der Waals surface area contributed by atoms with Gasteiger partial charge in [0.05, 0.1) is 17.7 Å². The van der Waals surface area contributed by atoms with Crippen molar-refractivity contribution < 1.29 is 14.5 Å². The van der Waals surface area contributed by atoms with Gasteiger partial charge in [0.2, 0.25) is 0 Å². The fourth-order valence-corrected chi connectivity index (χ4v) is 1.76. The fourth-order valence-electron chi connectivity index (χ4n) is 1.76. The van der Waals surface area contributed by atoms with Crippen LogP contribution >= 0.6 is 0 Å². The second kappa shape index (κ2) is 5.83. The molecule has 0 spiro atoms. The molecule has 0 heterocycles. The molecule has 20 heavy (non-hydrogen) atoms. The number of carbonyl (C=O) groups is 1. The molecule has 2 aromatic rings. The Morgan fingerprint density at radius 3 is 2.50 bits per heavy atom. The summed E-state index contributed by atoms with van der Waals surface area (Å²) in [5.74, 6) is -0.0683. The standard InChI is InChI=1S/C14H12N2O4/c1-20-13-9-5-3-7-11(13)15-14(17)10-6-2-4-8-12(10)16(18)19/h2-9H,1H3,(H,15,17). The first kappa shape index (κ1) is 13.5. The van der Waals surface area contributed by atoms with Crippen molar-refractivity contribution in [2.75, 3.05) is 12.4 Å². The zero-order valence-electron chi connectivity index (χ0n) is 10.7. The van der Waals surface area contributed by atoms with Crippen LogP contribution in [0.1, 0.15) is 10.4 Å². The van der Waals surface area contributed by atoms with Gasteiger partial charge in [-0.05, 0) is 18.2 Å². The average Bonchev–Trinajstić information content (AvgIpc) is 2.47. The Hall–Kier alpha value is -2.89. The molecule has 1 amide bonds. The van der Waals surface area contributed by atoms with E-state index in [-0.39, 0.29) is 11.3 Å². The number of hydrogen-bond acceptors (Lipinski definition) is 4. The number of nitro groups is 1. The Labute approximate surface area is 115 Å². The van der Waals surface area contributed by atoms with Gasteiger partial charge in [-0.1, -0.05) is 24.3 Å². The van der Waals surface area contributed by atoms with Crippen molar-refractivity contribution in [3.05, 3.63) is 64.2 Å². The third-order valence-electron chi connectivity index (χ3n) is 2.70. The summed E-state index contributed by atoms with van der Waals surface area (Å²) in [5, 5.41) is 13.5. The van der Waals surface area contributed by atoms with Gasteiger partial charge in [-0.2, -0.15) is 0 Å². The molecule has 0 fully saturated rings. The molecule has 2 rings (SSSR count). The average molecular weight is 272 g/mol. The highest BCUT2D eigenvalue weighted by molar-refractivity contribution is 6.07. The highest BCUT2D eigenvalue weighted by atomic mass is 16.6. The number of nitrogens with one attached hydrogen (secondary N) is 1. The van der Waals surface area contributed by atoms with Gasteiger partial charge in [-0.25, -0.2) is 0 Å². The number of nitrogens with zero attached hydrogens (tertiary/aromatic N) is 1. The molecule has 0 aromatic heterocycles. The number of anilines is 1. The molecule has 2 aromatic carbocycles. The monoisotopic (exact) mass is 272 g/mol. The molecular weight excluding hydrogens is 260 g/mol. The van der Waals surface area contributed by atoms with E-state index in [1.807, 2.05) is 0 Å². The molecular formula is C14H12N2O4. The summed E-state index contributed by atoms with van der Waals surface area (Å²) in [5.41, 5.74) is 0.224. The third kappa shape index (κ3) is 2.74. The molecule has 0 aliphatic rings. The molecule has 1 N–H and O–H groups in total. The number of ether oxygens (including phenoxy) is 1. The quantitative estimate of drug-likeness (QED) is 0.685. The zero-order chi connectivity index (χ0) is 14.5. The molecule has 6 nitrogen and oxygen atoms in total. The van der Waals surface area contributed by atoms with Crippen LogP contribution in [0.4, 0.5) is 11.4 Å². The number of nitro benzene ring substituents is 1. The third-order valence-corrected chi connectivity index (χ3v) is 2.70. The maximum absolute atomic E-state index is 12.1. The molecule has 0 unspecified atom stereocenters. The summed E-state index contributed by atoms with van der Waals surface area (Å²) < 4.78 is 5.11. The van der Waals surface area contributed by atoms with Crippen LogP contribution in [0.2, 0.25) is 0 Å². The lowest BCUT2D eigenvalue weighted by molar-refractivity contribution is -0.385. The lowest BCUT2D eigenvalue weighted by atomic mass is 10.1. The van der Waals surface area contributed by atoms with Gasteiger partial charge >= 0.3 is 0 Å². The van der Waals surface area contributed by atoms with Crippen LogP contribution in [0.3, 0.4) is 0 Å². The summed E-state index contributed by atoms with van der Waals surface area (Å²) in [6, 6.07) is 12.6. The second-order valence-corrected chi connectivity index (χ2v) is 3.93. The first-order chi connectivity index (χ1) is 9.63. The largest absolute Gasteiger partial charge is 0.495 e. The number of methoxy groups -OCH3 is 1. The summed E-state index contributed by atoms with van der Waals surface area (Å²) in [4.78, 5) is 22.5. The van der Waals surface area contributed by atoms with Gasteiger partial charge < -0.3 is 10.1 Å². The minimum Gasteiger partial charge on any atom is -0.495 e. The molecule has 0 aliphatic carbocycles. The first-order valence-corrected chi connectivity index (χ1v) is 5.81. The fraction of sp³-hybridized carbons (Fsp3) is 0.0714. The van der Waals surface area contributed by atoms with E-state index in [1.165, 1.54) is 25.3 Å². The number of para-hydroxylation sites is 3. The van der Waals surface area contributed by atoms with Crippen LogP contribution in [0.15, 0.2) is 48.5 Å². The van der Waals surface area contributed by atoms with Crippen molar-refractivity contribution in [1.29, 1.82) is 0 Å². The summed E-state index contributed by atoms with van der Waals surface area (Å²) in [6.07, 6.45) is 0. The number of amides is 1. The topological polar surface area (TPSA) is 81.5 Å². The van der Waals surface area contributed by atoms with Gasteiger partial charge in [0.1, 0.15) is 11.3 Å². The lowest BCUT2D eigenvalue weighted by Crippen LogP contribution is -2.14. The minimum atomic E-state index is -0.586. The summed E-state index contributed by atoms with van der Waals surface area (Å²) in [7, 11) is 1.48. The summed E-state index contributed by atoms with van der Waals surface area (Å²) >= 11 is 0. The van der Waals surface area contributed by atoms with E-state index in [1.54, 1.807) is 30.3 Å². The molecule has 0 aliphatic heterocycles. The minimum absolute atomic E-state index is 0.00315. The van der Waals surface area contributed by atoms with Crippen LogP contribution in [0, 0.1) is 10.1 Å². The van der Waals surface area contributed by atoms with Gasteiger partial charge in [0.15, 0.2) is 0 Å². The molecule has 6 heteroatoms. The second-order valence-electron chi connectivity index (χ2n) is 3.93. The van der Waals surface area contributed by atoms with Gasteiger partial charge in [-0.3, -0.25) is 14.9 Å². The van der Waals surface area contributed by atoms with Crippen LogP contribution in [0.5, 0.6) is 5.75 Å². The van der Waals surface area contributed by atoms with E-state index >= 15 is 0 Å². The molecule has 0 saturated carbocycles. The van der Waals surface area contributed by atoms with Gasteiger partial charge in [0, 0.05) is 6.07 Å². The maximum Gasteiger partial charge on any atom is 0.282 e. The number of rotatable bonds is 4. The predicted octanol–water partition coefficient (Wildman–Crippen LogP) is 2.86. The zero-order valence-corrected chi connectivity index (χ0v) is 10.7. The Balaban J connectivity index is 2.31. The Bertz CT molecular complexity index is 655. The predicted molar refractivity (Wildman–Crippen MR) is 74.0 cm³/mol. The highest BCUT2D eigenvalue weighted by Crippen LogP contribution is 2.25. The van der Waals surface area contributed by atoms with Crippen LogP contribution in [0.25, 0.3) is 0 Å². The van der Waals surface area contributed by atoms with E-state index in [4.69, 9.17) is 4.74 Å². The van der Waals surface area contributed by atoms with Crippen molar-refractivity contribution in [2.24, 2.45) is 0 Å². The van der Waals surface area contributed by atoms with E-state index in [0.717, 1.165) is 0 Å². The molecule has 0 atom stereocenters. The van der Waals surface area contributed by atoms with Crippen molar-refractivity contribution in [2.45, 2.75) is 0 Å². The van der Waals surface area contributed by atoms with E-state index in [2.05, 4.69) is 5.32 Å². The van der Waals surface area contributed by atoms with E-state index in [0.29, 0.717) is 11.4 Å². The van der Waals surface area contributed by atoms with Crippen molar-refractivity contribution in [3.8, 4) is 5.75 Å². The van der Waals surface area contributed by atoms with Crippen molar-refractivity contribution in [3.63, 3.8) is 0 Å². The molecule has 0 saturated heterocycles. The van der Waals surface area contributed by atoms with Crippen LogP contribution in [-0.4, -0.2) is 17.9 Å². The van der Waals surface area contributed by atoms with Crippen molar-refractivity contribution in [1.82, 2.24) is 0 Å².